The molecule has 0 radical (unpaired) electrons. The highest BCUT2D eigenvalue weighted by molar-refractivity contribution is 5.87. The normalized spacial score (nSPS) is 23.1. The van der Waals surface area contributed by atoms with Crippen molar-refractivity contribution in [1.29, 1.82) is 0 Å². The molecule has 12 nitrogen and oxygen atoms in total. The number of carbonyl (C=O) groups is 6. The Labute approximate surface area is 271 Å². The van der Waals surface area contributed by atoms with Gasteiger partial charge < -0.3 is 28.4 Å². The van der Waals surface area contributed by atoms with Crippen molar-refractivity contribution in [2.75, 3.05) is 19.8 Å². The van der Waals surface area contributed by atoms with Crippen molar-refractivity contribution in [3.63, 3.8) is 0 Å². The highest BCUT2D eigenvalue weighted by Crippen LogP contribution is 2.37. The third-order valence-corrected chi connectivity index (χ3v) is 7.70. The van der Waals surface area contributed by atoms with E-state index in [1.807, 2.05) is 41.5 Å². The van der Waals surface area contributed by atoms with Gasteiger partial charge in [0.15, 0.2) is 0 Å². The van der Waals surface area contributed by atoms with Gasteiger partial charge in [0.05, 0.1) is 32.5 Å². The second-order valence-electron chi connectivity index (χ2n) is 13.7. The van der Waals surface area contributed by atoms with E-state index >= 15 is 0 Å². The van der Waals surface area contributed by atoms with Crippen LogP contribution in [0.1, 0.15) is 87.5 Å². The topological polar surface area (TPSA) is 158 Å². The summed E-state index contributed by atoms with van der Waals surface area (Å²) in [7, 11) is 0. The Balaban J connectivity index is 0.000000345. The third-order valence-electron chi connectivity index (χ3n) is 7.70. The Morgan fingerprint density at radius 3 is 1.35 bits per heavy atom. The molecule has 0 N–H and O–H groups in total. The summed E-state index contributed by atoms with van der Waals surface area (Å²) >= 11 is 0. The van der Waals surface area contributed by atoms with Crippen LogP contribution in [0.2, 0.25) is 0 Å². The molecule has 0 aromatic carbocycles. The molecule has 3 heterocycles. The van der Waals surface area contributed by atoms with Gasteiger partial charge in [-0.3, -0.25) is 14.4 Å². The summed E-state index contributed by atoms with van der Waals surface area (Å²) in [6, 6.07) is 0. The highest BCUT2D eigenvalue weighted by atomic mass is 16.6. The molecule has 0 aliphatic carbocycles. The number of carbonyl (C=O) groups excluding carboxylic acids is 6. The first-order valence-corrected chi connectivity index (χ1v) is 15.1. The van der Waals surface area contributed by atoms with E-state index < -0.39 is 17.9 Å². The van der Waals surface area contributed by atoms with Gasteiger partial charge in [0, 0.05) is 46.3 Å². The molecular formula is C34H50O12. The summed E-state index contributed by atoms with van der Waals surface area (Å²) < 4.78 is 30.1. The number of ether oxygens (including phenoxy) is 6. The summed E-state index contributed by atoms with van der Waals surface area (Å²) in [5, 5.41) is 0. The zero-order valence-electron chi connectivity index (χ0n) is 28.5. The largest absolute Gasteiger partial charge is 0.462 e. The van der Waals surface area contributed by atoms with Gasteiger partial charge in [-0.25, -0.2) is 14.4 Å². The molecule has 12 heteroatoms. The van der Waals surface area contributed by atoms with Crippen molar-refractivity contribution in [3.8, 4) is 0 Å². The third kappa shape index (κ3) is 13.2. The number of hydrogen-bond acceptors (Lipinski definition) is 12. The lowest BCUT2D eigenvalue weighted by atomic mass is 9.84. The van der Waals surface area contributed by atoms with Crippen molar-refractivity contribution < 1.29 is 57.2 Å². The first-order chi connectivity index (χ1) is 21.1. The van der Waals surface area contributed by atoms with Crippen LogP contribution >= 0.6 is 0 Å². The molecule has 3 unspecified atom stereocenters. The van der Waals surface area contributed by atoms with Crippen LogP contribution < -0.4 is 0 Å². The van der Waals surface area contributed by atoms with Crippen molar-refractivity contribution in [3.05, 3.63) is 37.0 Å². The van der Waals surface area contributed by atoms with Crippen LogP contribution in [0.3, 0.4) is 0 Å². The van der Waals surface area contributed by atoms with E-state index in [9.17, 15) is 28.8 Å². The van der Waals surface area contributed by atoms with Gasteiger partial charge >= 0.3 is 35.8 Å². The molecule has 0 bridgehead atoms. The molecule has 0 saturated carbocycles. The average Bonchev–Trinajstić information content (AvgIpc) is 3.46. The summed E-state index contributed by atoms with van der Waals surface area (Å²) in [6.45, 7) is 25.8. The van der Waals surface area contributed by atoms with Crippen LogP contribution in [-0.2, 0) is 57.2 Å². The lowest BCUT2D eigenvalue weighted by Crippen LogP contribution is -2.30. The predicted molar refractivity (Wildman–Crippen MR) is 167 cm³/mol. The van der Waals surface area contributed by atoms with Crippen molar-refractivity contribution in [2.24, 2.45) is 16.2 Å². The van der Waals surface area contributed by atoms with Gasteiger partial charge in [0.1, 0.15) is 24.9 Å². The first kappa shape index (κ1) is 40.1. The van der Waals surface area contributed by atoms with Crippen LogP contribution in [-0.4, -0.2) is 73.9 Å². The maximum atomic E-state index is 11.1. The zero-order valence-corrected chi connectivity index (χ0v) is 28.5. The van der Waals surface area contributed by atoms with E-state index in [0.29, 0.717) is 43.3 Å². The van der Waals surface area contributed by atoms with Gasteiger partial charge in [-0.15, -0.1) is 0 Å². The van der Waals surface area contributed by atoms with E-state index in [4.69, 9.17) is 28.4 Å². The first-order valence-electron chi connectivity index (χ1n) is 15.1. The van der Waals surface area contributed by atoms with Gasteiger partial charge in [0.25, 0.3) is 0 Å². The van der Waals surface area contributed by atoms with Crippen molar-refractivity contribution >= 4 is 35.8 Å². The standard InChI is InChI=1S/C12H18O4.2C11H16O4/c1-8(2)11(14)15-6-5-9-12(3,4)7-10(13)16-9;1-7(2)10(13)14-6-8-11(3,4)5-9(12)15-8;1-4-9(12)14-6-5-8-11(2,3)7-10(13)15-8/h9H,1,5-7H2,2-4H3;8H,1,5-6H2,2-4H3;4,8H,1,5-7H2,2-3H3. The van der Waals surface area contributed by atoms with Crippen LogP contribution in [0.5, 0.6) is 0 Å². The van der Waals surface area contributed by atoms with Crippen LogP contribution in [0.4, 0.5) is 0 Å². The molecule has 258 valence electrons. The molecule has 3 aliphatic heterocycles. The second-order valence-corrected chi connectivity index (χ2v) is 13.7. The second kappa shape index (κ2) is 17.1. The Morgan fingerprint density at radius 2 is 1.02 bits per heavy atom. The SMILES string of the molecule is C=C(C)C(=O)OCC1OC(=O)CC1(C)C.C=C(C)C(=O)OCCC1OC(=O)CC1(C)C.C=CC(=O)OCCC1OC(=O)CC1(C)C. The minimum absolute atomic E-state index is 0.102. The molecule has 0 aromatic heterocycles. The van der Waals surface area contributed by atoms with Gasteiger partial charge in [-0.1, -0.05) is 61.3 Å². The average molecular weight is 651 g/mol. The van der Waals surface area contributed by atoms with E-state index in [0.717, 1.165) is 6.08 Å². The fourth-order valence-electron chi connectivity index (χ4n) is 4.68. The van der Waals surface area contributed by atoms with Crippen molar-refractivity contribution in [2.45, 2.75) is 106 Å². The predicted octanol–water partition coefficient (Wildman–Crippen LogP) is 4.73. The lowest BCUT2D eigenvalue weighted by molar-refractivity contribution is -0.151. The Bertz CT molecular complexity index is 1190. The quantitative estimate of drug-likeness (QED) is 0.172. The fraction of sp³-hybridized carbons (Fsp3) is 0.647. The number of rotatable bonds is 11. The molecule has 0 amide bonds. The molecule has 3 atom stereocenters. The minimum atomic E-state index is -0.450. The molecule has 0 aromatic rings. The molecule has 3 fully saturated rings. The van der Waals surface area contributed by atoms with Gasteiger partial charge in [-0.2, -0.15) is 0 Å². The minimum Gasteiger partial charge on any atom is -0.462 e. The highest BCUT2D eigenvalue weighted by Gasteiger charge is 2.43. The van der Waals surface area contributed by atoms with Crippen LogP contribution in [0, 0.1) is 16.2 Å². The summed E-state index contributed by atoms with van der Waals surface area (Å²) in [6.07, 6.45) is 2.72. The smallest absolute Gasteiger partial charge is 0.333 e. The molecule has 3 rings (SSSR count). The maximum absolute atomic E-state index is 11.1. The van der Waals surface area contributed by atoms with Crippen LogP contribution in [0.25, 0.3) is 0 Å². The van der Waals surface area contributed by atoms with E-state index in [-0.39, 0.29) is 72.3 Å². The van der Waals surface area contributed by atoms with Crippen molar-refractivity contribution in [1.82, 2.24) is 0 Å². The van der Waals surface area contributed by atoms with Gasteiger partial charge in [-0.05, 0) is 13.8 Å². The Kier molecular flexibility index (Phi) is 14.9. The molecule has 3 aliphatic rings. The lowest BCUT2D eigenvalue weighted by Gasteiger charge is -2.23. The van der Waals surface area contributed by atoms with E-state index in [1.165, 1.54) is 0 Å². The fourth-order valence-corrected chi connectivity index (χ4v) is 4.68. The van der Waals surface area contributed by atoms with E-state index in [2.05, 4.69) is 19.7 Å². The maximum Gasteiger partial charge on any atom is 0.333 e. The monoisotopic (exact) mass is 650 g/mol. The number of hydrogen-bond donors (Lipinski definition) is 0. The molecular weight excluding hydrogens is 600 g/mol. The van der Waals surface area contributed by atoms with Gasteiger partial charge in [0.2, 0.25) is 0 Å². The molecule has 46 heavy (non-hydrogen) atoms. The summed E-state index contributed by atoms with van der Waals surface area (Å²) in [4.78, 5) is 66.3. The molecule has 3 saturated heterocycles. The number of esters is 6. The Morgan fingerprint density at radius 1 is 0.674 bits per heavy atom. The van der Waals surface area contributed by atoms with Crippen LogP contribution in [0.15, 0.2) is 37.0 Å². The zero-order chi connectivity index (χ0) is 35.5. The summed E-state index contributed by atoms with van der Waals surface area (Å²) in [5.41, 5.74) is 0.108. The molecule has 0 spiro atoms. The summed E-state index contributed by atoms with van der Waals surface area (Å²) in [5.74, 6) is -1.90. The number of cyclic esters (lactones) is 3. The Hall–Kier alpha value is -3.96. The van der Waals surface area contributed by atoms with E-state index in [1.54, 1.807) is 13.8 Å².